The standard InChI is InChI=1S/C31H32N2O6S/c1-30(2)21-13-17(14-27(34)35)5-7-23(21)32-11-9-25-19(28(30)32)16-20-26(37-25)10-12-33-24-8-6-18(40-39-38-36)15-22(24)31(3,4)29(20)33/h5-8,13,15-16,25-26H,9-12,14H2,1-4H3,(H-,34,35,36)/p+1. The van der Waals surface area contributed by atoms with Crippen LogP contribution >= 0.6 is 12.0 Å². The van der Waals surface area contributed by atoms with Gasteiger partial charge in [-0.25, -0.2) is 5.26 Å². The van der Waals surface area contributed by atoms with Crippen LogP contribution in [-0.2, 0) is 36.2 Å². The summed E-state index contributed by atoms with van der Waals surface area (Å²) in [6, 6.07) is 12.3. The molecule has 2 unspecified atom stereocenters. The lowest BCUT2D eigenvalue weighted by molar-refractivity contribution is -0.445. The Morgan fingerprint density at radius 3 is 2.70 bits per heavy atom. The van der Waals surface area contributed by atoms with Crippen molar-refractivity contribution in [3.8, 4) is 0 Å². The van der Waals surface area contributed by atoms with Crippen molar-refractivity contribution in [3.63, 3.8) is 0 Å². The van der Waals surface area contributed by atoms with E-state index in [1.165, 1.54) is 45.1 Å². The lowest BCUT2D eigenvalue weighted by Gasteiger charge is -2.42. The fourth-order valence-electron chi connectivity index (χ4n) is 7.71. The Balaban J connectivity index is 1.34. The van der Waals surface area contributed by atoms with Gasteiger partial charge in [0.05, 0.1) is 36.1 Å². The van der Waals surface area contributed by atoms with Gasteiger partial charge in [-0.05, 0) is 61.7 Å². The summed E-state index contributed by atoms with van der Waals surface area (Å²) in [4.78, 5) is 14.7. The summed E-state index contributed by atoms with van der Waals surface area (Å²) in [6.45, 7) is 10.8. The lowest BCUT2D eigenvalue weighted by atomic mass is 9.73. The van der Waals surface area contributed by atoms with Crippen LogP contribution in [0.3, 0.4) is 0 Å². The molecule has 2 aromatic carbocycles. The number of rotatable bonds is 5. The molecule has 7 rings (SSSR count). The number of hydrogen-bond acceptors (Lipinski definition) is 7. The van der Waals surface area contributed by atoms with Crippen LogP contribution in [0.25, 0.3) is 0 Å². The van der Waals surface area contributed by atoms with Crippen LogP contribution in [-0.4, -0.2) is 51.9 Å². The molecule has 0 aromatic heterocycles. The Morgan fingerprint density at radius 2 is 1.93 bits per heavy atom. The summed E-state index contributed by atoms with van der Waals surface area (Å²) in [5.74, 6) is -0.814. The van der Waals surface area contributed by atoms with Crippen LogP contribution in [0.1, 0.15) is 57.2 Å². The minimum Gasteiger partial charge on any atom is -0.481 e. The Kier molecular flexibility index (Phi) is 5.86. The number of hydrogen-bond donors (Lipinski definition) is 2. The minimum atomic E-state index is -0.814. The van der Waals surface area contributed by atoms with E-state index >= 15 is 0 Å². The number of fused-ring (bicyclic) bond motifs is 8. The normalized spacial score (nSPS) is 25.0. The topological polar surface area (TPSA) is 91.5 Å². The molecule has 0 fully saturated rings. The summed E-state index contributed by atoms with van der Waals surface area (Å²) >= 11 is 0.982. The molecule has 8 nitrogen and oxygen atoms in total. The fourth-order valence-corrected chi connectivity index (χ4v) is 8.11. The van der Waals surface area contributed by atoms with Gasteiger partial charge in [-0.1, -0.05) is 25.0 Å². The molecule has 40 heavy (non-hydrogen) atoms. The van der Waals surface area contributed by atoms with Gasteiger partial charge < -0.3 is 14.7 Å². The number of carbonyl (C=O) groups is 1. The molecular formula is C31H33N2O6S+. The van der Waals surface area contributed by atoms with E-state index in [9.17, 15) is 9.90 Å². The first-order valence-corrected chi connectivity index (χ1v) is 14.5. The zero-order valence-corrected chi connectivity index (χ0v) is 23.9. The van der Waals surface area contributed by atoms with Crippen LogP contribution in [0.2, 0.25) is 0 Å². The van der Waals surface area contributed by atoms with E-state index in [1.54, 1.807) is 0 Å². The Hall–Kier alpha value is -2.95. The second-order valence-electron chi connectivity index (χ2n) is 12.3. The predicted molar refractivity (Wildman–Crippen MR) is 151 cm³/mol. The first kappa shape index (κ1) is 26.0. The third-order valence-electron chi connectivity index (χ3n) is 9.31. The van der Waals surface area contributed by atoms with E-state index in [0.29, 0.717) is 0 Å². The predicted octanol–water partition coefficient (Wildman–Crippen LogP) is 5.67. The van der Waals surface area contributed by atoms with Crippen molar-refractivity contribution in [2.75, 3.05) is 18.0 Å². The van der Waals surface area contributed by atoms with Gasteiger partial charge in [0, 0.05) is 57.4 Å². The molecule has 5 aliphatic heterocycles. The van der Waals surface area contributed by atoms with Gasteiger partial charge in [-0.3, -0.25) is 4.79 Å². The first-order valence-electron chi connectivity index (χ1n) is 13.8. The second-order valence-corrected chi connectivity index (χ2v) is 13.1. The van der Waals surface area contributed by atoms with E-state index in [-0.39, 0.29) is 29.5 Å². The highest BCUT2D eigenvalue weighted by Gasteiger charge is 2.54. The SMILES string of the molecule is CC1(C)C2=C3C=C4C5=[N+](CCC4OC3CCN2c2ccc(SOOO)cc21)c1ccc(CC(=O)O)cc1C5(C)C. The summed E-state index contributed by atoms with van der Waals surface area (Å²) in [7, 11) is 0. The van der Waals surface area contributed by atoms with Crippen molar-refractivity contribution in [2.24, 2.45) is 0 Å². The Bertz CT molecular complexity index is 1550. The molecule has 2 aromatic rings. The van der Waals surface area contributed by atoms with Crippen LogP contribution in [0, 0.1) is 0 Å². The third kappa shape index (κ3) is 3.68. The second kappa shape index (κ2) is 9.03. The summed E-state index contributed by atoms with van der Waals surface area (Å²) < 4.78 is 14.0. The van der Waals surface area contributed by atoms with Crippen molar-refractivity contribution in [2.45, 2.75) is 74.9 Å². The van der Waals surface area contributed by atoms with Crippen LogP contribution in [0.4, 0.5) is 11.4 Å². The highest BCUT2D eigenvalue weighted by Crippen LogP contribution is 2.54. The number of nitrogens with zero attached hydrogens (tertiary/aromatic N) is 2. The van der Waals surface area contributed by atoms with Gasteiger partial charge in [0.2, 0.25) is 5.69 Å². The maximum Gasteiger partial charge on any atom is 0.307 e. The van der Waals surface area contributed by atoms with Gasteiger partial charge in [0.15, 0.2) is 12.3 Å². The molecule has 0 bridgehead atoms. The number of allylic oxidation sites excluding steroid dienone is 1. The lowest BCUT2D eigenvalue weighted by Crippen LogP contribution is -2.47. The van der Waals surface area contributed by atoms with Crippen LogP contribution in [0.5, 0.6) is 0 Å². The Morgan fingerprint density at radius 1 is 1.10 bits per heavy atom. The molecule has 2 atom stereocenters. The molecule has 9 heteroatoms. The summed E-state index contributed by atoms with van der Waals surface area (Å²) in [5.41, 5.74) is 10.1. The molecule has 0 saturated heterocycles. The van der Waals surface area contributed by atoms with Crippen LogP contribution < -0.4 is 4.90 Å². The number of benzene rings is 2. The molecule has 5 heterocycles. The van der Waals surface area contributed by atoms with E-state index in [0.717, 1.165) is 48.4 Å². The van der Waals surface area contributed by atoms with E-state index in [1.807, 2.05) is 12.1 Å². The molecular weight excluding hydrogens is 528 g/mol. The fraction of sp³-hybridized carbons (Fsp3) is 0.419. The largest absolute Gasteiger partial charge is 0.481 e. The zero-order chi connectivity index (χ0) is 28.0. The first-order chi connectivity index (χ1) is 19.1. The monoisotopic (exact) mass is 561 g/mol. The van der Waals surface area contributed by atoms with Crippen molar-refractivity contribution in [1.82, 2.24) is 0 Å². The number of aliphatic carboxylic acids is 1. The maximum absolute atomic E-state index is 11.4. The number of ether oxygens (including phenoxy) is 1. The highest BCUT2D eigenvalue weighted by atomic mass is 32.2. The summed E-state index contributed by atoms with van der Waals surface area (Å²) in [6.07, 6.45) is 4.38. The van der Waals surface area contributed by atoms with Crippen molar-refractivity contribution in [1.29, 1.82) is 0 Å². The van der Waals surface area contributed by atoms with Gasteiger partial charge in [0.25, 0.3) is 0 Å². The van der Waals surface area contributed by atoms with Crippen molar-refractivity contribution in [3.05, 3.63) is 76.0 Å². The molecule has 0 aliphatic carbocycles. The molecule has 2 N–H and O–H groups in total. The van der Waals surface area contributed by atoms with Gasteiger partial charge in [-0.2, -0.15) is 4.58 Å². The maximum atomic E-state index is 11.4. The van der Waals surface area contributed by atoms with Crippen molar-refractivity contribution >= 4 is 35.1 Å². The average molecular weight is 562 g/mol. The van der Waals surface area contributed by atoms with Gasteiger partial charge >= 0.3 is 5.97 Å². The highest BCUT2D eigenvalue weighted by molar-refractivity contribution is 7.94. The van der Waals surface area contributed by atoms with Gasteiger partial charge in [0.1, 0.15) is 0 Å². The van der Waals surface area contributed by atoms with Crippen molar-refractivity contribution < 1.29 is 33.8 Å². The van der Waals surface area contributed by atoms with E-state index < -0.39 is 5.97 Å². The minimum absolute atomic E-state index is 0.0237. The quantitative estimate of drug-likeness (QED) is 0.209. The molecule has 0 spiro atoms. The van der Waals surface area contributed by atoms with E-state index in [2.05, 4.69) is 72.6 Å². The molecule has 0 saturated carbocycles. The molecule has 208 valence electrons. The number of anilines is 1. The molecule has 0 radical (unpaired) electrons. The third-order valence-corrected chi connectivity index (χ3v) is 9.88. The molecule has 5 aliphatic rings. The Labute approximate surface area is 237 Å². The smallest absolute Gasteiger partial charge is 0.307 e. The average Bonchev–Trinajstić information content (AvgIpc) is 3.29. The number of carboxylic acids is 1. The zero-order valence-electron chi connectivity index (χ0n) is 23.1. The summed E-state index contributed by atoms with van der Waals surface area (Å²) in [5, 5.41) is 21.8. The van der Waals surface area contributed by atoms with Gasteiger partial charge in [-0.15, -0.1) is 4.33 Å². The number of carboxylic acid groups (broad SMARTS) is 1. The van der Waals surface area contributed by atoms with E-state index in [4.69, 9.17) is 14.3 Å². The molecule has 0 amide bonds. The van der Waals surface area contributed by atoms with Crippen LogP contribution in [0.15, 0.2) is 64.2 Å².